The number of methoxy groups -OCH3 is 2. The van der Waals surface area contributed by atoms with Crippen LogP contribution in [0.4, 0.5) is 105 Å². The molecule has 0 atom stereocenters. The number of benzene rings is 4. The minimum atomic E-state index is -6.13. The van der Waals surface area contributed by atoms with Crippen molar-refractivity contribution in [2.45, 2.75) is 56.0 Å². The number of hydrogen-bond acceptors (Lipinski definition) is 5. The van der Waals surface area contributed by atoms with Crippen LogP contribution in [0.5, 0.6) is 0 Å². The molecule has 1 heterocycles. The fourth-order valence-corrected chi connectivity index (χ4v) is 7.21. The predicted molar refractivity (Wildman–Crippen MR) is 207 cm³/mol. The summed E-state index contributed by atoms with van der Waals surface area (Å²) in [6.07, 6.45) is -46.7. The third-order valence-corrected chi connectivity index (χ3v) is 10.4. The van der Waals surface area contributed by atoms with E-state index in [1.165, 1.54) is 20.3 Å². The van der Waals surface area contributed by atoms with Gasteiger partial charge in [-0.3, -0.25) is 4.98 Å². The summed E-state index contributed by atoms with van der Waals surface area (Å²) in [5.74, 6) is -1.43. The first-order valence-electron chi connectivity index (χ1n) is 19.5. The molecule has 0 fully saturated rings. The van der Waals surface area contributed by atoms with Gasteiger partial charge in [0.05, 0.1) is 71.1 Å². The lowest BCUT2D eigenvalue weighted by Gasteiger charge is -2.46. The molecule has 0 radical (unpaired) electrons. The maximum absolute atomic E-state index is 14.2. The number of carbonyl (C=O) groups is 2. The Bertz CT molecular complexity index is 2420. The molecule has 1 aromatic heterocycles. The van der Waals surface area contributed by atoms with Crippen molar-refractivity contribution < 1.29 is 129 Å². The fraction of sp³-hybridized carbons (Fsp3) is 0.256. The normalized spacial score (nSPS) is 13.2. The Balaban J connectivity index is 0.000000589. The summed E-state index contributed by atoms with van der Waals surface area (Å²) < 4.78 is 352. The van der Waals surface area contributed by atoms with Gasteiger partial charge in [-0.2, -0.15) is 132 Å². The second kappa shape index (κ2) is 20.7. The predicted octanol–water partition coefficient (Wildman–Crippen LogP) is 10.9. The Morgan fingerprint density at radius 1 is 0.405 bits per heavy atom. The van der Waals surface area contributed by atoms with Gasteiger partial charge < -0.3 is 9.47 Å². The Labute approximate surface area is 397 Å². The minimum absolute atomic E-state index is 0.126. The molecule has 5 rings (SSSR count). The van der Waals surface area contributed by atoms with E-state index >= 15 is 0 Å². The molecule has 402 valence electrons. The molecule has 5 aromatic rings. The second-order valence-electron chi connectivity index (χ2n) is 15.3. The lowest BCUT2D eigenvalue weighted by Crippen LogP contribution is -2.75. The van der Waals surface area contributed by atoms with Crippen molar-refractivity contribution in [1.82, 2.24) is 4.98 Å². The van der Waals surface area contributed by atoms with Gasteiger partial charge in [-0.1, -0.05) is 48.5 Å². The molecule has 31 heteroatoms. The van der Waals surface area contributed by atoms with Crippen molar-refractivity contribution in [2.75, 3.05) is 14.2 Å². The summed E-state index contributed by atoms with van der Waals surface area (Å²) in [6, 6.07) is -8.81. The first-order valence-corrected chi connectivity index (χ1v) is 19.5. The topological polar surface area (TPSA) is 69.4 Å². The number of rotatable bonds is 8. The third kappa shape index (κ3) is 14.0. The monoisotopic (exact) mass is 1100 g/mol. The summed E-state index contributed by atoms with van der Waals surface area (Å²) in [5, 5.41) is 0. The van der Waals surface area contributed by atoms with E-state index in [1.807, 2.05) is 0 Å². The van der Waals surface area contributed by atoms with Crippen LogP contribution in [-0.2, 0) is 75.0 Å². The number of halogens is 24. The van der Waals surface area contributed by atoms with E-state index in [4.69, 9.17) is 0 Å². The Kier molecular flexibility index (Phi) is 16.7. The highest BCUT2D eigenvalue weighted by atomic mass is 19.4. The molecule has 0 spiro atoms. The smallest absolute Gasteiger partial charge is 0.416 e. The van der Waals surface area contributed by atoms with Crippen LogP contribution < -0.4 is 26.4 Å². The van der Waals surface area contributed by atoms with Crippen molar-refractivity contribution in [2.24, 2.45) is 0 Å². The molecule has 0 bridgehead atoms. The maximum Gasteiger partial charge on any atom is 0.416 e. The minimum Gasteiger partial charge on any atom is -0.465 e. The number of carbonyl (C=O) groups excluding carboxylic acids is 2. The molecular formula is C43H25BF24N2O4. The fourth-order valence-electron chi connectivity index (χ4n) is 7.21. The molecule has 74 heavy (non-hydrogen) atoms. The molecular weight excluding hydrogens is 1080 g/mol. The van der Waals surface area contributed by atoms with Crippen LogP contribution in [0.3, 0.4) is 0 Å². The van der Waals surface area contributed by atoms with Crippen LogP contribution in [0.1, 0.15) is 44.5 Å². The highest BCUT2D eigenvalue weighted by Crippen LogP contribution is 2.41. The zero-order valence-electron chi connectivity index (χ0n) is 36.2. The SMILES string of the molecule is COC(=O)C(=CC[n+]1ccncc1)C(=O)OC.FC(F)(F)c1cc([B-](c2cc(C(F)(F)F)cc(C(F)(F)F)c2)(c2cc(C(F)(F)F)cc(C(F)(F)F)c2)c2cc(C(F)(F)F)cc(C(F)(F)F)c2)cc(C(F)(F)F)c1. The van der Waals surface area contributed by atoms with Gasteiger partial charge >= 0.3 is 61.3 Å². The van der Waals surface area contributed by atoms with E-state index < -0.39 is 207 Å². The highest BCUT2D eigenvalue weighted by Gasteiger charge is 2.47. The Hall–Kier alpha value is -6.98. The maximum atomic E-state index is 14.2. The molecule has 0 unspecified atom stereocenters. The van der Waals surface area contributed by atoms with Gasteiger partial charge in [-0.25, -0.2) is 9.59 Å². The average molecular weight is 1100 g/mol. The lowest BCUT2D eigenvalue weighted by atomic mass is 9.12. The van der Waals surface area contributed by atoms with Crippen LogP contribution in [0.15, 0.2) is 109 Å². The first-order chi connectivity index (χ1) is 33.4. The van der Waals surface area contributed by atoms with Crippen molar-refractivity contribution in [3.63, 3.8) is 0 Å². The average Bonchev–Trinajstić information content (AvgIpc) is 3.27. The molecule has 4 aromatic carbocycles. The molecule has 0 saturated carbocycles. The molecule has 0 aliphatic heterocycles. The number of ether oxygens (including phenoxy) is 2. The number of allylic oxidation sites excluding steroid dienone is 1. The van der Waals surface area contributed by atoms with Crippen LogP contribution in [-0.4, -0.2) is 37.3 Å². The summed E-state index contributed by atoms with van der Waals surface area (Å²) in [7, 11) is 2.41. The van der Waals surface area contributed by atoms with Crippen molar-refractivity contribution >= 4 is 39.9 Å². The van der Waals surface area contributed by atoms with Gasteiger partial charge in [0.1, 0.15) is 11.7 Å². The number of hydrogen-bond donors (Lipinski definition) is 0. The van der Waals surface area contributed by atoms with Crippen LogP contribution in [0.2, 0.25) is 0 Å². The quantitative estimate of drug-likeness (QED) is 0.0295. The molecule has 0 amide bonds. The van der Waals surface area contributed by atoms with Gasteiger partial charge in [0.15, 0.2) is 18.9 Å². The summed E-state index contributed by atoms with van der Waals surface area (Å²) in [4.78, 5) is 26.5. The van der Waals surface area contributed by atoms with Gasteiger partial charge in [-0.15, -0.1) is 0 Å². The van der Waals surface area contributed by atoms with Gasteiger partial charge in [0, 0.05) is 6.08 Å². The van der Waals surface area contributed by atoms with Crippen LogP contribution in [0.25, 0.3) is 0 Å². The van der Waals surface area contributed by atoms with E-state index in [0.717, 1.165) is 0 Å². The van der Waals surface area contributed by atoms with E-state index in [-0.39, 0.29) is 5.57 Å². The zero-order valence-corrected chi connectivity index (χ0v) is 36.2. The van der Waals surface area contributed by atoms with E-state index in [0.29, 0.717) is 6.54 Å². The number of aromatic nitrogens is 2. The zero-order chi connectivity index (χ0) is 56.6. The van der Waals surface area contributed by atoms with Crippen molar-refractivity contribution in [3.05, 3.63) is 154 Å². The molecule has 6 nitrogen and oxygen atoms in total. The van der Waals surface area contributed by atoms with E-state index in [1.54, 1.807) is 29.4 Å². The van der Waals surface area contributed by atoms with Gasteiger partial charge in [-0.05, 0) is 24.3 Å². The largest absolute Gasteiger partial charge is 0.465 e. The van der Waals surface area contributed by atoms with Crippen LogP contribution >= 0.6 is 0 Å². The first kappa shape index (κ1) is 59.6. The standard InChI is InChI=1S/C32H12BF24.C11H13N2O4/c34-25(35,36)13-1-14(26(37,38)39)6-21(5-13)33(22-7-15(27(40,41)42)2-16(8-22)28(43,44)45,23-9-17(29(46,47)48)3-18(10-23)30(49,50)51)24-11-19(31(52,53)54)4-20(12-24)32(55,56)57;1-16-10(14)9(11(15)17-2)3-6-13-7-4-12-5-8-13/h1-12H;3-5,7-8H,6H2,1-2H3/q-1;+1. The summed E-state index contributed by atoms with van der Waals surface area (Å²) in [5.41, 5.74) is -30.3. The summed E-state index contributed by atoms with van der Waals surface area (Å²) >= 11 is 0. The highest BCUT2D eigenvalue weighted by molar-refractivity contribution is 7.20. The van der Waals surface area contributed by atoms with Crippen LogP contribution in [0, 0.1) is 0 Å². The van der Waals surface area contributed by atoms with Gasteiger partial charge in [0.25, 0.3) is 0 Å². The number of alkyl halides is 24. The van der Waals surface area contributed by atoms with Crippen molar-refractivity contribution in [1.29, 1.82) is 0 Å². The van der Waals surface area contributed by atoms with Gasteiger partial charge in [0.2, 0.25) is 0 Å². The lowest BCUT2D eigenvalue weighted by molar-refractivity contribution is -0.687. The number of nitrogens with zero attached hydrogens (tertiary/aromatic N) is 2. The van der Waals surface area contributed by atoms with E-state index in [9.17, 15) is 115 Å². The van der Waals surface area contributed by atoms with E-state index in [2.05, 4.69) is 14.5 Å². The number of esters is 2. The second-order valence-corrected chi connectivity index (χ2v) is 15.3. The molecule has 0 aliphatic rings. The molecule has 0 N–H and O–H groups in total. The third-order valence-electron chi connectivity index (χ3n) is 10.4. The Morgan fingerprint density at radius 2 is 0.608 bits per heavy atom. The summed E-state index contributed by atoms with van der Waals surface area (Å²) in [6.45, 7) is 0.349. The van der Waals surface area contributed by atoms with Crippen molar-refractivity contribution in [3.8, 4) is 0 Å². The molecule has 0 aliphatic carbocycles. The molecule has 0 saturated heterocycles. The Morgan fingerprint density at radius 3 is 0.784 bits per heavy atom.